The number of hydrogen-bond donors (Lipinski definition) is 1. The molecule has 0 heterocycles. The van der Waals surface area contributed by atoms with Gasteiger partial charge in [0.2, 0.25) is 0 Å². The number of alkyl halides is 17. The summed E-state index contributed by atoms with van der Waals surface area (Å²) in [5, 5.41) is 0. The minimum Gasteiger partial charge on any atom is -0.326 e. The summed E-state index contributed by atoms with van der Waals surface area (Å²) in [6, 6.07) is 0. The minimum atomic E-state index is -8.75. The van der Waals surface area contributed by atoms with Gasteiger partial charge in [-0.05, 0) is 0 Å². The van der Waals surface area contributed by atoms with E-state index in [-0.39, 0.29) is 0 Å². The zero-order chi connectivity index (χ0) is 24.3. The van der Waals surface area contributed by atoms with Crippen LogP contribution in [0.4, 0.5) is 74.6 Å². The van der Waals surface area contributed by atoms with E-state index in [1.54, 1.807) is 0 Å². The molecule has 0 spiro atoms. The Balaban J connectivity index is 6.89. The van der Waals surface area contributed by atoms with Crippen LogP contribution in [0.25, 0.3) is 0 Å². The first-order valence-electron chi connectivity index (χ1n) is 5.80. The van der Waals surface area contributed by atoms with Gasteiger partial charge >= 0.3 is 56.1 Å². The highest BCUT2D eigenvalue weighted by Gasteiger charge is 2.95. The highest BCUT2D eigenvalue weighted by Crippen LogP contribution is 2.64. The fourth-order valence-electron chi connectivity index (χ4n) is 1.39. The van der Waals surface area contributed by atoms with Crippen LogP contribution in [0.3, 0.4) is 0 Å². The second-order valence-corrected chi connectivity index (χ2v) is 5.57. The number of hydrogen-bond acceptors (Lipinski definition) is 2. The van der Waals surface area contributed by atoms with E-state index in [0.29, 0.717) is 0 Å². The lowest BCUT2D eigenvalue weighted by Crippen LogP contribution is -2.75. The maximum absolute atomic E-state index is 13.4. The molecule has 0 aliphatic heterocycles. The molecule has 0 aromatic carbocycles. The van der Waals surface area contributed by atoms with Crippen LogP contribution in [-0.2, 0) is 9.09 Å². The highest BCUT2D eigenvalue weighted by molar-refractivity contribution is 7.32. The molecule has 0 fully saturated rings. The molecule has 0 saturated heterocycles. The molecule has 0 amide bonds. The van der Waals surface area contributed by atoms with Crippen LogP contribution in [0.5, 0.6) is 0 Å². The first kappa shape index (κ1) is 28.0. The lowest BCUT2D eigenvalue weighted by Gasteiger charge is -2.43. The molecule has 2 unspecified atom stereocenters. The zero-order valence-electron chi connectivity index (χ0n) is 12.2. The molecule has 0 aromatic rings. The van der Waals surface area contributed by atoms with Crippen LogP contribution in [-0.4, -0.2) is 52.7 Å². The van der Waals surface area contributed by atoms with Gasteiger partial charge in [0.15, 0.2) is 0 Å². The molecule has 176 valence electrons. The highest BCUT2D eigenvalue weighted by atomic mass is 31.1. The molecule has 0 aromatic heterocycles. The van der Waals surface area contributed by atoms with E-state index in [4.69, 9.17) is 4.89 Å². The lowest BCUT2D eigenvalue weighted by atomic mass is 9.90. The first-order valence-corrected chi connectivity index (χ1v) is 7.06. The molecule has 0 aliphatic carbocycles. The van der Waals surface area contributed by atoms with Crippen molar-refractivity contribution in [1.82, 2.24) is 0 Å². The largest absolute Gasteiger partial charge is 0.460 e. The molecule has 2 atom stereocenters. The first-order chi connectivity index (χ1) is 12.2. The third kappa shape index (κ3) is 3.75. The van der Waals surface area contributed by atoms with Crippen molar-refractivity contribution < 1.29 is 88.6 Å². The standard InChI is InChI=1S/C8H2F17O3P/c9-1(10,3(13,14)5(17,18)7(20,21)22)2(11,12)4(15,16)6(19,8(23,24)25)28-29(26)27/h29H,(H,26,27). The van der Waals surface area contributed by atoms with Gasteiger partial charge in [-0.15, -0.1) is 0 Å². The Morgan fingerprint density at radius 3 is 1.00 bits per heavy atom. The second-order valence-electron chi connectivity index (χ2n) is 4.83. The van der Waals surface area contributed by atoms with Gasteiger partial charge in [-0.1, -0.05) is 0 Å². The number of rotatable bonds is 7. The van der Waals surface area contributed by atoms with Crippen molar-refractivity contribution in [2.45, 2.75) is 47.8 Å². The van der Waals surface area contributed by atoms with Crippen molar-refractivity contribution in [2.75, 3.05) is 0 Å². The molecule has 0 rings (SSSR count). The van der Waals surface area contributed by atoms with Crippen molar-refractivity contribution in [2.24, 2.45) is 0 Å². The lowest BCUT2D eigenvalue weighted by molar-refractivity contribution is -0.473. The van der Waals surface area contributed by atoms with E-state index >= 15 is 0 Å². The van der Waals surface area contributed by atoms with Gasteiger partial charge < -0.3 is 4.89 Å². The predicted octanol–water partition coefficient (Wildman–Crippen LogP) is 5.35. The molecule has 1 N–H and O–H groups in total. The Bertz CT molecular complexity index is 636. The predicted molar refractivity (Wildman–Crippen MR) is 53.0 cm³/mol. The molecule has 0 saturated carbocycles. The maximum atomic E-state index is 13.4. The quantitative estimate of drug-likeness (QED) is 0.379. The Hall–Kier alpha value is -1.04. The van der Waals surface area contributed by atoms with Gasteiger partial charge in [0, 0.05) is 0 Å². The third-order valence-corrected chi connectivity index (χ3v) is 3.39. The second kappa shape index (κ2) is 7.00. The van der Waals surface area contributed by atoms with E-state index < -0.39 is 56.1 Å². The van der Waals surface area contributed by atoms with Gasteiger partial charge in [0.25, 0.3) is 0 Å². The topological polar surface area (TPSA) is 46.5 Å². The van der Waals surface area contributed by atoms with Crippen LogP contribution < -0.4 is 0 Å². The molecule has 0 radical (unpaired) electrons. The molecular weight excluding hydrogens is 498 g/mol. The van der Waals surface area contributed by atoms with Crippen molar-refractivity contribution in [3.8, 4) is 0 Å². The van der Waals surface area contributed by atoms with Gasteiger partial charge in [-0.25, -0.2) is 0 Å². The molecule has 21 heteroatoms. The van der Waals surface area contributed by atoms with E-state index in [9.17, 15) is 79.2 Å². The third-order valence-electron chi connectivity index (χ3n) is 2.93. The molecule has 3 nitrogen and oxygen atoms in total. The van der Waals surface area contributed by atoms with Crippen LogP contribution in [0.15, 0.2) is 0 Å². The maximum Gasteiger partial charge on any atom is 0.460 e. The SMILES string of the molecule is O=[PH](O)OC(F)(C(F)(F)F)C(F)(F)C(F)(F)C(F)(F)C(F)(F)C(F)(F)C(F)(F)F. The zero-order valence-corrected chi connectivity index (χ0v) is 13.2. The Labute approximate surface area is 146 Å². The van der Waals surface area contributed by atoms with Crippen LogP contribution in [0.1, 0.15) is 0 Å². The summed E-state index contributed by atoms with van der Waals surface area (Å²) >= 11 is 0. The van der Waals surface area contributed by atoms with Gasteiger partial charge in [-0.2, -0.15) is 74.6 Å². The summed E-state index contributed by atoms with van der Waals surface area (Å²) in [7, 11) is -5.77. The van der Waals surface area contributed by atoms with Gasteiger partial charge in [-0.3, -0.25) is 9.09 Å². The summed E-state index contributed by atoms with van der Waals surface area (Å²) in [6.45, 7) is 0. The normalized spacial score (nSPS) is 19.1. The van der Waals surface area contributed by atoms with Gasteiger partial charge in [0.1, 0.15) is 0 Å². The molecule has 29 heavy (non-hydrogen) atoms. The summed E-state index contributed by atoms with van der Waals surface area (Å²) in [5.41, 5.74) is 0. The van der Waals surface area contributed by atoms with Crippen LogP contribution >= 0.6 is 8.25 Å². The van der Waals surface area contributed by atoms with E-state index in [0.717, 1.165) is 0 Å². The minimum absolute atomic E-state index is 1.91. The Kier molecular flexibility index (Phi) is 6.75. The summed E-state index contributed by atoms with van der Waals surface area (Å²) in [4.78, 5) is 7.88. The van der Waals surface area contributed by atoms with E-state index in [1.807, 2.05) is 4.52 Å². The van der Waals surface area contributed by atoms with Crippen molar-refractivity contribution in [3.63, 3.8) is 0 Å². The Morgan fingerprint density at radius 1 is 0.483 bits per heavy atom. The summed E-state index contributed by atoms with van der Waals surface area (Å²) in [6.07, 6.45) is -15.5. The Morgan fingerprint density at radius 2 is 0.759 bits per heavy atom. The van der Waals surface area contributed by atoms with E-state index in [2.05, 4.69) is 0 Å². The molecular formula is C8H2F17O3P. The van der Waals surface area contributed by atoms with Crippen molar-refractivity contribution >= 4 is 8.25 Å². The molecule has 0 bridgehead atoms. The summed E-state index contributed by atoms with van der Waals surface area (Å²) < 4.78 is 227. The average Bonchev–Trinajstić information content (AvgIpc) is 2.42. The number of halogens is 17. The summed E-state index contributed by atoms with van der Waals surface area (Å²) in [5.74, 6) is -50.5. The van der Waals surface area contributed by atoms with Gasteiger partial charge in [0.05, 0.1) is 0 Å². The smallest absolute Gasteiger partial charge is 0.326 e. The van der Waals surface area contributed by atoms with Crippen molar-refractivity contribution in [1.29, 1.82) is 0 Å². The molecule has 0 aliphatic rings. The van der Waals surface area contributed by atoms with Crippen LogP contribution in [0.2, 0.25) is 0 Å². The fourth-order valence-corrected chi connectivity index (χ4v) is 1.88. The monoisotopic (exact) mass is 500 g/mol. The average molecular weight is 500 g/mol. The van der Waals surface area contributed by atoms with Crippen LogP contribution in [0, 0.1) is 0 Å². The van der Waals surface area contributed by atoms with E-state index in [1.165, 1.54) is 0 Å². The van der Waals surface area contributed by atoms with Crippen molar-refractivity contribution in [3.05, 3.63) is 0 Å². The fraction of sp³-hybridized carbons (Fsp3) is 1.00.